The van der Waals surface area contributed by atoms with Gasteiger partial charge in [-0.2, -0.15) is 0 Å². The summed E-state index contributed by atoms with van der Waals surface area (Å²) in [5.41, 5.74) is 0.607. The van der Waals surface area contributed by atoms with E-state index in [-0.39, 0.29) is 23.6 Å². The van der Waals surface area contributed by atoms with Gasteiger partial charge in [0.1, 0.15) is 5.82 Å². The number of thiazole rings is 1. The molecule has 1 aromatic carbocycles. The van der Waals surface area contributed by atoms with Crippen molar-refractivity contribution in [1.29, 1.82) is 0 Å². The van der Waals surface area contributed by atoms with Gasteiger partial charge >= 0.3 is 0 Å². The number of aliphatic carboxylic acids is 1. The van der Waals surface area contributed by atoms with Gasteiger partial charge in [0, 0.05) is 17.8 Å². The molecule has 2 aliphatic rings. The minimum Gasteiger partial charge on any atom is -0.550 e. The van der Waals surface area contributed by atoms with E-state index in [2.05, 4.69) is 10.3 Å². The van der Waals surface area contributed by atoms with Gasteiger partial charge in [-0.1, -0.05) is 11.3 Å². The predicted molar refractivity (Wildman–Crippen MR) is 81.0 cm³/mol. The Balaban J connectivity index is 1.57. The van der Waals surface area contributed by atoms with E-state index >= 15 is 0 Å². The van der Waals surface area contributed by atoms with Crippen LogP contribution in [0.5, 0.6) is 0 Å². The van der Waals surface area contributed by atoms with Crippen LogP contribution in [0.2, 0.25) is 0 Å². The Morgan fingerprint density at radius 1 is 1.26 bits per heavy atom. The first-order valence-electron chi connectivity index (χ1n) is 7.61. The summed E-state index contributed by atoms with van der Waals surface area (Å²) in [6, 6.07) is 4.23. The van der Waals surface area contributed by atoms with Gasteiger partial charge in [-0.05, 0) is 49.3 Å². The number of hydrogen-bond acceptors (Lipinski definition) is 5. The molecule has 0 radical (unpaired) electrons. The predicted octanol–water partition coefficient (Wildman–Crippen LogP) is 1.79. The highest BCUT2D eigenvalue weighted by atomic mass is 32.1. The van der Waals surface area contributed by atoms with Crippen LogP contribution in [0.15, 0.2) is 18.2 Å². The van der Waals surface area contributed by atoms with Crippen molar-refractivity contribution < 1.29 is 19.1 Å². The summed E-state index contributed by atoms with van der Waals surface area (Å²) in [6.45, 7) is 0. The third kappa shape index (κ3) is 2.39. The standard InChI is InChI=1S/C16H15FN2O3S/c17-9-3-4-10-11(6-9)23-16(18-10)19-14(20)12-7-1-2-8(5-7)13(12)15(21)22/h3-4,6-8,12-13H,1-2,5H2,(H,21,22)(H,18,19,20)/p-1/t7-,8+,12+,13+/m1/s1. The van der Waals surface area contributed by atoms with Gasteiger partial charge in [0.2, 0.25) is 5.91 Å². The zero-order chi connectivity index (χ0) is 16.1. The molecule has 0 unspecified atom stereocenters. The fraction of sp³-hybridized carbons (Fsp3) is 0.438. The fourth-order valence-corrected chi connectivity index (χ4v) is 5.04. The van der Waals surface area contributed by atoms with E-state index in [1.165, 1.54) is 23.5 Å². The summed E-state index contributed by atoms with van der Waals surface area (Å²) in [5.74, 6) is -2.91. The fourth-order valence-electron chi connectivity index (χ4n) is 4.15. The van der Waals surface area contributed by atoms with Crippen molar-refractivity contribution in [2.45, 2.75) is 19.3 Å². The molecule has 1 N–H and O–H groups in total. The molecule has 4 rings (SSSR count). The minimum absolute atomic E-state index is 0.0465. The number of aromatic nitrogens is 1. The maximum absolute atomic E-state index is 13.2. The molecule has 120 valence electrons. The van der Waals surface area contributed by atoms with Crippen LogP contribution in [0.1, 0.15) is 19.3 Å². The highest BCUT2D eigenvalue weighted by molar-refractivity contribution is 7.22. The third-order valence-electron chi connectivity index (χ3n) is 5.07. The van der Waals surface area contributed by atoms with Gasteiger partial charge in [0.15, 0.2) is 5.13 Å². The highest BCUT2D eigenvalue weighted by Gasteiger charge is 2.51. The maximum Gasteiger partial charge on any atom is 0.230 e. The van der Waals surface area contributed by atoms with Crippen molar-refractivity contribution >= 4 is 38.6 Å². The monoisotopic (exact) mass is 333 g/mol. The van der Waals surface area contributed by atoms with Crippen molar-refractivity contribution in [1.82, 2.24) is 4.98 Å². The number of fused-ring (bicyclic) bond motifs is 3. The lowest BCUT2D eigenvalue weighted by Crippen LogP contribution is -2.43. The first-order chi connectivity index (χ1) is 11.0. The molecular weight excluding hydrogens is 319 g/mol. The molecule has 1 heterocycles. The summed E-state index contributed by atoms with van der Waals surface area (Å²) in [6.07, 6.45) is 2.52. The Morgan fingerprint density at radius 3 is 2.74 bits per heavy atom. The number of benzene rings is 1. The second-order valence-electron chi connectivity index (χ2n) is 6.32. The summed E-state index contributed by atoms with van der Waals surface area (Å²) < 4.78 is 13.9. The molecule has 5 nitrogen and oxygen atoms in total. The second-order valence-corrected chi connectivity index (χ2v) is 7.35. The van der Waals surface area contributed by atoms with Gasteiger partial charge in [-0.25, -0.2) is 9.37 Å². The zero-order valence-electron chi connectivity index (χ0n) is 12.1. The molecule has 2 fully saturated rings. The number of halogens is 1. The Labute approximate surface area is 135 Å². The SMILES string of the molecule is O=C([O-])[C@H]1[C@H]2CC[C@H](C2)[C@@H]1C(=O)Nc1nc2ccc(F)cc2s1. The van der Waals surface area contributed by atoms with E-state index in [0.717, 1.165) is 19.3 Å². The first kappa shape index (κ1) is 14.6. The average molecular weight is 333 g/mol. The van der Waals surface area contributed by atoms with Crippen LogP contribution >= 0.6 is 11.3 Å². The van der Waals surface area contributed by atoms with Crippen LogP contribution in [0.4, 0.5) is 9.52 Å². The third-order valence-corrected chi connectivity index (χ3v) is 6.01. The van der Waals surface area contributed by atoms with Gasteiger partial charge < -0.3 is 15.2 Å². The van der Waals surface area contributed by atoms with E-state index < -0.39 is 17.8 Å². The number of hydrogen-bond donors (Lipinski definition) is 1. The lowest BCUT2D eigenvalue weighted by molar-refractivity contribution is -0.314. The van der Waals surface area contributed by atoms with E-state index in [1.54, 1.807) is 6.07 Å². The molecular formula is C16H14FN2O3S-. The molecule has 4 atom stereocenters. The zero-order valence-corrected chi connectivity index (χ0v) is 12.9. The molecule has 23 heavy (non-hydrogen) atoms. The Kier molecular flexibility index (Phi) is 3.33. The first-order valence-corrected chi connectivity index (χ1v) is 8.42. The molecule has 2 saturated carbocycles. The second kappa shape index (κ2) is 5.26. The number of nitrogens with zero attached hydrogens (tertiary/aromatic N) is 1. The highest BCUT2D eigenvalue weighted by Crippen LogP contribution is 2.52. The van der Waals surface area contributed by atoms with Gasteiger partial charge in [0.05, 0.1) is 10.2 Å². The van der Waals surface area contributed by atoms with Crippen LogP contribution in [-0.4, -0.2) is 16.9 Å². The largest absolute Gasteiger partial charge is 0.550 e. The maximum atomic E-state index is 13.2. The molecule has 0 saturated heterocycles. The van der Waals surface area contributed by atoms with Crippen molar-refractivity contribution in [2.24, 2.45) is 23.7 Å². The topological polar surface area (TPSA) is 82.1 Å². The van der Waals surface area contributed by atoms with E-state index in [9.17, 15) is 19.1 Å². The number of carboxylic acid groups (broad SMARTS) is 1. The van der Waals surface area contributed by atoms with Crippen molar-refractivity contribution in [2.75, 3.05) is 5.32 Å². The van der Waals surface area contributed by atoms with E-state index in [4.69, 9.17) is 0 Å². The van der Waals surface area contributed by atoms with E-state index in [1.807, 2.05) is 0 Å². The van der Waals surface area contributed by atoms with Crippen molar-refractivity contribution in [3.63, 3.8) is 0 Å². The molecule has 2 aliphatic carbocycles. The van der Waals surface area contributed by atoms with Gasteiger partial charge in [-0.15, -0.1) is 0 Å². The van der Waals surface area contributed by atoms with Crippen LogP contribution in [0, 0.1) is 29.5 Å². The lowest BCUT2D eigenvalue weighted by Gasteiger charge is -2.30. The van der Waals surface area contributed by atoms with Crippen LogP contribution in [0.25, 0.3) is 10.2 Å². The summed E-state index contributed by atoms with van der Waals surface area (Å²) in [5, 5.41) is 14.5. The van der Waals surface area contributed by atoms with Crippen molar-refractivity contribution in [3.8, 4) is 0 Å². The molecule has 7 heteroatoms. The van der Waals surface area contributed by atoms with Gasteiger partial charge in [-0.3, -0.25) is 4.79 Å². The number of carbonyl (C=O) groups excluding carboxylic acids is 2. The van der Waals surface area contributed by atoms with Crippen LogP contribution in [0.3, 0.4) is 0 Å². The Bertz CT molecular complexity index is 806. The van der Waals surface area contributed by atoms with Crippen molar-refractivity contribution in [3.05, 3.63) is 24.0 Å². The molecule has 0 spiro atoms. The van der Waals surface area contributed by atoms with Crippen LogP contribution < -0.4 is 10.4 Å². The van der Waals surface area contributed by atoms with Gasteiger partial charge in [0.25, 0.3) is 0 Å². The molecule has 0 aliphatic heterocycles. The number of carboxylic acids is 1. The lowest BCUT2D eigenvalue weighted by atomic mass is 9.79. The average Bonchev–Trinajstić information content (AvgIpc) is 3.18. The molecule has 1 aromatic heterocycles. The number of rotatable bonds is 3. The summed E-state index contributed by atoms with van der Waals surface area (Å²) in [4.78, 5) is 28.2. The number of nitrogens with one attached hydrogen (secondary N) is 1. The normalized spacial score (nSPS) is 29.1. The smallest absolute Gasteiger partial charge is 0.230 e. The number of amides is 1. The van der Waals surface area contributed by atoms with Crippen LogP contribution in [-0.2, 0) is 9.59 Å². The number of carbonyl (C=O) groups is 2. The minimum atomic E-state index is -1.14. The molecule has 2 aromatic rings. The Morgan fingerprint density at radius 2 is 2.00 bits per heavy atom. The summed E-state index contributed by atoms with van der Waals surface area (Å²) in [7, 11) is 0. The Hall–Kier alpha value is -2.02. The quantitative estimate of drug-likeness (QED) is 0.928. The molecule has 1 amide bonds. The molecule has 2 bridgehead atoms. The summed E-state index contributed by atoms with van der Waals surface area (Å²) >= 11 is 1.18. The van der Waals surface area contributed by atoms with E-state index in [0.29, 0.717) is 15.3 Å². The number of anilines is 1.